The van der Waals surface area contributed by atoms with E-state index in [9.17, 15) is 9.59 Å². The molecule has 0 aromatic heterocycles. The molecule has 0 spiro atoms. The normalized spacial score (nSPS) is 12.8. The van der Waals surface area contributed by atoms with Crippen molar-refractivity contribution in [3.63, 3.8) is 0 Å². The molecule has 0 bridgehead atoms. The topological polar surface area (TPSA) is 65.0 Å². The lowest BCUT2D eigenvalue weighted by Crippen LogP contribution is -2.53. The van der Waals surface area contributed by atoms with Gasteiger partial charge in [0.25, 0.3) is 0 Å². The number of hydrogen-bond donors (Lipinski definition) is 0. The molecule has 0 amide bonds. The summed E-state index contributed by atoms with van der Waals surface area (Å²) >= 11 is 0. The third kappa shape index (κ3) is 4.58. The Labute approximate surface area is 195 Å². The van der Waals surface area contributed by atoms with E-state index in [1.165, 1.54) is 7.11 Å². The molecule has 0 N–H and O–H groups in total. The summed E-state index contributed by atoms with van der Waals surface area (Å²) < 4.78 is 10.7. The highest BCUT2D eigenvalue weighted by molar-refractivity contribution is 6.14. The first-order chi connectivity index (χ1) is 15.9. The van der Waals surface area contributed by atoms with E-state index in [0.29, 0.717) is 11.3 Å². The molecule has 170 valence electrons. The maximum Gasteiger partial charge on any atom is 0.339 e. The predicted octanol–water partition coefficient (Wildman–Crippen LogP) is 5.18. The Morgan fingerprint density at radius 2 is 1.21 bits per heavy atom. The predicted molar refractivity (Wildman–Crippen MR) is 129 cm³/mol. The van der Waals surface area contributed by atoms with Crippen LogP contribution >= 0.6 is 0 Å². The van der Waals surface area contributed by atoms with Crippen molar-refractivity contribution in [2.45, 2.75) is 26.3 Å². The summed E-state index contributed by atoms with van der Waals surface area (Å²) in [6, 6.07) is 28.2. The van der Waals surface area contributed by atoms with Crippen LogP contribution in [0.5, 0.6) is 0 Å². The molecular formula is C28H29NO4. The Bertz CT molecular complexity index is 1070. The molecule has 3 aromatic rings. The van der Waals surface area contributed by atoms with Gasteiger partial charge in [-0.1, -0.05) is 91.0 Å². The molecule has 3 rings (SSSR count). The van der Waals surface area contributed by atoms with E-state index >= 15 is 0 Å². The van der Waals surface area contributed by atoms with Gasteiger partial charge < -0.3 is 9.47 Å². The van der Waals surface area contributed by atoms with Crippen LogP contribution in [0.15, 0.2) is 96.0 Å². The lowest BCUT2D eigenvalue weighted by molar-refractivity contribution is -0.168. The highest BCUT2D eigenvalue weighted by Crippen LogP contribution is 2.46. The Morgan fingerprint density at radius 1 is 0.758 bits per heavy atom. The minimum atomic E-state index is -1.70. The molecule has 0 heterocycles. The number of hydrogen-bond acceptors (Lipinski definition) is 5. The molecule has 0 radical (unpaired) electrons. The van der Waals surface area contributed by atoms with Gasteiger partial charge in [-0.15, -0.1) is 0 Å². The maximum atomic E-state index is 13.7. The van der Waals surface area contributed by atoms with Crippen LogP contribution in [0.1, 0.15) is 37.5 Å². The summed E-state index contributed by atoms with van der Waals surface area (Å²) in [5.74, 6) is -1.18. The number of carbonyl (C=O) groups is 2. The van der Waals surface area contributed by atoms with Crippen LogP contribution in [0.25, 0.3) is 0 Å². The van der Waals surface area contributed by atoms with Gasteiger partial charge in [-0.3, -0.25) is 9.79 Å². The zero-order valence-corrected chi connectivity index (χ0v) is 19.4. The number of esters is 2. The molecule has 0 aliphatic heterocycles. The van der Waals surface area contributed by atoms with Gasteiger partial charge in [0.15, 0.2) is 5.54 Å². The standard InChI is InChI=1S/C28H29NO4/c1-5-33-25(30)27(2,3)28(26(31)32-4,23-19-13-8-14-20-23)29-24(21-15-9-6-10-16-21)22-17-11-7-12-18-22/h6-20H,5H2,1-4H3. The van der Waals surface area contributed by atoms with Crippen LogP contribution < -0.4 is 0 Å². The fourth-order valence-corrected chi connectivity index (χ4v) is 3.93. The number of rotatable bonds is 8. The second-order valence-corrected chi connectivity index (χ2v) is 8.11. The minimum Gasteiger partial charge on any atom is -0.467 e. The van der Waals surface area contributed by atoms with Gasteiger partial charge in [0.2, 0.25) is 0 Å². The molecule has 5 heteroatoms. The molecule has 0 saturated heterocycles. The number of nitrogens with zero attached hydrogens (tertiary/aromatic N) is 1. The summed E-state index contributed by atoms with van der Waals surface area (Å²) in [7, 11) is 1.31. The van der Waals surface area contributed by atoms with Crippen LogP contribution in [0.2, 0.25) is 0 Å². The highest BCUT2D eigenvalue weighted by atomic mass is 16.5. The molecule has 5 nitrogen and oxygen atoms in total. The van der Waals surface area contributed by atoms with E-state index in [2.05, 4.69) is 0 Å². The number of carbonyl (C=O) groups excluding carboxylic acids is 2. The number of benzene rings is 3. The lowest BCUT2D eigenvalue weighted by Gasteiger charge is -2.40. The zero-order chi connectivity index (χ0) is 23.9. The zero-order valence-electron chi connectivity index (χ0n) is 19.4. The van der Waals surface area contributed by atoms with Crippen molar-refractivity contribution in [2.24, 2.45) is 10.4 Å². The Hall–Kier alpha value is -3.73. The first kappa shape index (κ1) is 23.9. The van der Waals surface area contributed by atoms with Gasteiger partial charge in [0.05, 0.1) is 19.4 Å². The van der Waals surface area contributed by atoms with Crippen LogP contribution in [-0.4, -0.2) is 31.4 Å². The van der Waals surface area contributed by atoms with E-state index in [0.717, 1.165) is 11.1 Å². The maximum absolute atomic E-state index is 13.7. The molecule has 1 atom stereocenters. The first-order valence-corrected chi connectivity index (χ1v) is 10.9. The third-order valence-corrected chi connectivity index (χ3v) is 5.74. The van der Waals surface area contributed by atoms with Crippen molar-refractivity contribution < 1.29 is 19.1 Å². The fourth-order valence-electron chi connectivity index (χ4n) is 3.93. The van der Waals surface area contributed by atoms with Crippen LogP contribution in [-0.2, 0) is 24.6 Å². The van der Waals surface area contributed by atoms with Crippen LogP contribution in [0, 0.1) is 5.41 Å². The smallest absolute Gasteiger partial charge is 0.339 e. The molecule has 0 saturated carbocycles. The molecule has 3 aromatic carbocycles. The fraction of sp³-hybridized carbons (Fsp3) is 0.250. The lowest BCUT2D eigenvalue weighted by atomic mass is 9.68. The van der Waals surface area contributed by atoms with Crippen molar-refractivity contribution in [3.8, 4) is 0 Å². The summed E-state index contributed by atoms with van der Waals surface area (Å²) in [5, 5.41) is 0. The quantitative estimate of drug-likeness (QED) is 0.355. The third-order valence-electron chi connectivity index (χ3n) is 5.74. The van der Waals surface area contributed by atoms with Gasteiger partial charge in [-0.25, -0.2) is 4.79 Å². The van der Waals surface area contributed by atoms with Gasteiger partial charge in [-0.05, 0) is 26.3 Å². The number of methoxy groups -OCH3 is 1. The van der Waals surface area contributed by atoms with Gasteiger partial charge >= 0.3 is 11.9 Å². The number of aliphatic imine (C=N–C) groups is 1. The van der Waals surface area contributed by atoms with Crippen molar-refractivity contribution in [2.75, 3.05) is 13.7 Å². The summed E-state index contributed by atoms with van der Waals surface area (Å²) in [6.45, 7) is 5.26. The second kappa shape index (κ2) is 10.3. The van der Waals surface area contributed by atoms with E-state index in [4.69, 9.17) is 14.5 Å². The van der Waals surface area contributed by atoms with Crippen molar-refractivity contribution >= 4 is 17.7 Å². The molecule has 0 aliphatic rings. The average molecular weight is 444 g/mol. The number of ether oxygens (including phenoxy) is 2. The summed E-state index contributed by atoms with van der Waals surface area (Å²) in [4.78, 5) is 32.0. The molecule has 33 heavy (non-hydrogen) atoms. The highest BCUT2D eigenvalue weighted by Gasteiger charge is 2.59. The Morgan fingerprint density at radius 3 is 1.64 bits per heavy atom. The van der Waals surface area contributed by atoms with Crippen molar-refractivity contribution in [3.05, 3.63) is 108 Å². The largest absolute Gasteiger partial charge is 0.467 e. The van der Waals surface area contributed by atoms with Crippen molar-refractivity contribution in [1.82, 2.24) is 0 Å². The van der Waals surface area contributed by atoms with E-state index < -0.39 is 22.9 Å². The molecule has 0 fully saturated rings. The van der Waals surface area contributed by atoms with Gasteiger partial charge in [-0.2, -0.15) is 0 Å². The first-order valence-electron chi connectivity index (χ1n) is 10.9. The van der Waals surface area contributed by atoms with Crippen LogP contribution in [0.3, 0.4) is 0 Å². The van der Waals surface area contributed by atoms with Crippen LogP contribution in [0.4, 0.5) is 0 Å². The molecular weight excluding hydrogens is 414 g/mol. The second-order valence-electron chi connectivity index (χ2n) is 8.11. The van der Waals surface area contributed by atoms with Gasteiger partial charge in [0.1, 0.15) is 5.41 Å². The van der Waals surface area contributed by atoms with E-state index in [1.807, 2.05) is 78.9 Å². The summed E-state index contributed by atoms with van der Waals surface area (Å²) in [6.07, 6.45) is 0. The SMILES string of the molecule is CCOC(=O)C(C)(C)C(N=C(c1ccccc1)c1ccccc1)(C(=O)OC)c1ccccc1. The summed E-state index contributed by atoms with van der Waals surface area (Å²) in [5.41, 5.74) is -0.343. The van der Waals surface area contributed by atoms with Gasteiger partial charge in [0, 0.05) is 11.1 Å². The van der Waals surface area contributed by atoms with Crippen molar-refractivity contribution in [1.29, 1.82) is 0 Å². The Kier molecular flexibility index (Phi) is 7.44. The molecule has 1 unspecified atom stereocenters. The van der Waals surface area contributed by atoms with E-state index in [-0.39, 0.29) is 6.61 Å². The average Bonchev–Trinajstić information content (AvgIpc) is 2.86. The monoisotopic (exact) mass is 443 g/mol. The molecule has 0 aliphatic carbocycles. The van der Waals surface area contributed by atoms with E-state index in [1.54, 1.807) is 32.9 Å². The Balaban J connectivity index is 2.44. The minimum absolute atomic E-state index is 0.183.